The Balaban J connectivity index is 1.53. The van der Waals surface area contributed by atoms with Crippen LogP contribution in [-0.2, 0) is 17.6 Å². The Morgan fingerprint density at radius 1 is 1.41 bits per heavy atom. The molecule has 1 aliphatic carbocycles. The van der Waals surface area contributed by atoms with Crippen LogP contribution in [0.5, 0.6) is 0 Å². The lowest BCUT2D eigenvalue weighted by atomic mass is 9.87. The Kier molecular flexibility index (Phi) is 4.83. The summed E-state index contributed by atoms with van der Waals surface area (Å²) in [5, 5.41) is 0.524. The summed E-state index contributed by atoms with van der Waals surface area (Å²) in [5.41, 5.74) is 1.65. The number of benzene rings is 1. The summed E-state index contributed by atoms with van der Waals surface area (Å²) in [6, 6.07) is 9.11. The van der Waals surface area contributed by atoms with E-state index >= 15 is 0 Å². The number of thiophene rings is 1. The second-order valence-corrected chi connectivity index (χ2v) is 8.23. The second-order valence-electron chi connectivity index (χ2n) is 7.09. The van der Waals surface area contributed by atoms with Gasteiger partial charge in [0.05, 0.1) is 10.9 Å². The van der Waals surface area contributed by atoms with E-state index in [-0.39, 0.29) is 11.5 Å². The molecular formula is C21H22N2O3S. The number of esters is 1. The quantitative estimate of drug-likeness (QED) is 0.678. The van der Waals surface area contributed by atoms with Gasteiger partial charge in [0.25, 0.3) is 5.56 Å². The number of aromatic nitrogens is 2. The van der Waals surface area contributed by atoms with Gasteiger partial charge in [-0.25, -0.2) is 9.78 Å². The molecule has 2 aromatic heterocycles. The number of carbonyl (C=O) groups is 1. The zero-order chi connectivity index (χ0) is 19.0. The van der Waals surface area contributed by atoms with Gasteiger partial charge in [-0.3, -0.25) is 4.79 Å². The Morgan fingerprint density at radius 3 is 3.04 bits per heavy atom. The molecule has 0 aliphatic heterocycles. The minimum absolute atomic E-state index is 0.226. The number of nitrogens with one attached hydrogen (secondary N) is 1. The van der Waals surface area contributed by atoms with Crippen molar-refractivity contribution in [1.29, 1.82) is 0 Å². The summed E-state index contributed by atoms with van der Waals surface area (Å²) in [4.78, 5) is 33.9. The van der Waals surface area contributed by atoms with Crippen molar-refractivity contribution >= 4 is 28.2 Å². The molecule has 0 spiro atoms. The molecule has 0 bridgehead atoms. The van der Waals surface area contributed by atoms with Crippen molar-refractivity contribution < 1.29 is 9.53 Å². The first-order valence-corrected chi connectivity index (χ1v) is 10.2. The van der Waals surface area contributed by atoms with Crippen molar-refractivity contribution in [2.75, 3.05) is 0 Å². The van der Waals surface area contributed by atoms with Gasteiger partial charge < -0.3 is 9.72 Å². The Morgan fingerprint density at radius 2 is 2.22 bits per heavy atom. The molecule has 4 rings (SSSR count). The van der Waals surface area contributed by atoms with Gasteiger partial charge in [-0.1, -0.05) is 25.5 Å². The average Bonchev–Trinajstić information content (AvgIpc) is 3.11. The maximum Gasteiger partial charge on any atom is 0.349 e. The molecule has 1 aliphatic rings. The van der Waals surface area contributed by atoms with Crippen LogP contribution >= 0.6 is 11.3 Å². The molecule has 0 radical (unpaired) electrons. The molecule has 0 saturated heterocycles. The fourth-order valence-corrected chi connectivity index (χ4v) is 4.71. The van der Waals surface area contributed by atoms with Crippen molar-refractivity contribution in [3.8, 4) is 0 Å². The van der Waals surface area contributed by atoms with Crippen LogP contribution < -0.4 is 5.56 Å². The molecule has 2 atom stereocenters. The molecule has 2 heterocycles. The van der Waals surface area contributed by atoms with E-state index in [1.807, 2.05) is 12.1 Å². The summed E-state index contributed by atoms with van der Waals surface area (Å²) in [6.45, 7) is 3.95. The Bertz CT molecular complexity index is 1050. The van der Waals surface area contributed by atoms with Gasteiger partial charge in [-0.2, -0.15) is 0 Å². The van der Waals surface area contributed by atoms with E-state index in [1.54, 1.807) is 25.1 Å². The molecule has 140 valence electrons. The van der Waals surface area contributed by atoms with Crippen molar-refractivity contribution in [1.82, 2.24) is 9.97 Å². The molecule has 27 heavy (non-hydrogen) atoms. The standard InChI is InChI=1S/C21H22N2O3S/c1-3-13-8-9-17-14(10-13)11-18(27-17)21(25)26-12(2)19-22-16-7-5-4-6-15(16)20(24)23-19/h4-7,11-13H,3,8-10H2,1-2H3,(H,22,23,24)/t12-,13-/m1/s1. The van der Waals surface area contributed by atoms with Gasteiger partial charge in [0.2, 0.25) is 0 Å². The van der Waals surface area contributed by atoms with Crippen molar-refractivity contribution in [3.63, 3.8) is 0 Å². The van der Waals surface area contributed by atoms with Gasteiger partial charge in [0.1, 0.15) is 4.88 Å². The number of carbonyl (C=O) groups excluding carboxylic acids is 1. The van der Waals surface area contributed by atoms with E-state index in [1.165, 1.54) is 34.6 Å². The van der Waals surface area contributed by atoms with Gasteiger partial charge in [-0.15, -0.1) is 11.3 Å². The smallest absolute Gasteiger partial charge is 0.349 e. The number of aromatic amines is 1. The predicted molar refractivity (Wildman–Crippen MR) is 106 cm³/mol. The lowest BCUT2D eigenvalue weighted by molar-refractivity contribution is 0.0326. The van der Waals surface area contributed by atoms with E-state index in [2.05, 4.69) is 16.9 Å². The first-order valence-electron chi connectivity index (χ1n) is 9.36. The molecule has 0 amide bonds. The largest absolute Gasteiger partial charge is 0.450 e. The van der Waals surface area contributed by atoms with Crippen LogP contribution in [0.4, 0.5) is 0 Å². The fourth-order valence-electron chi connectivity index (χ4n) is 3.62. The normalized spacial score (nSPS) is 17.5. The van der Waals surface area contributed by atoms with Crippen LogP contribution in [0, 0.1) is 5.92 Å². The zero-order valence-corrected chi connectivity index (χ0v) is 16.3. The van der Waals surface area contributed by atoms with Gasteiger partial charge >= 0.3 is 5.97 Å². The van der Waals surface area contributed by atoms with Crippen LogP contribution in [0.15, 0.2) is 35.1 Å². The highest BCUT2D eigenvalue weighted by molar-refractivity contribution is 7.14. The minimum Gasteiger partial charge on any atom is -0.450 e. The maximum atomic E-state index is 12.6. The summed E-state index contributed by atoms with van der Waals surface area (Å²) in [6.07, 6.45) is 3.83. The van der Waals surface area contributed by atoms with Gasteiger partial charge in [0, 0.05) is 4.88 Å². The third-order valence-electron chi connectivity index (χ3n) is 5.26. The van der Waals surface area contributed by atoms with E-state index in [0.29, 0.717) is 27.5 Å². The first kappa shape index (κ1) is 17.9. The summed E-state index contributed by atoms with van der Waals surface area (Å²) >= 11 is 1.53. The van der Waals surface area contributed by atoms with Crippen molar-refractivity contribution in [2.45, 2.75) is 45.6 Å². The van der Waals surface area contributed by atoms with Crippen LogP contribution in [0.3, 0.4) is 0 Å². The monoisotopic (exact) mass is 382 g/mol. The van der Waals surface area contributed by atoms with E-state index in [9.17, 15) is 9.59 Å². The average molecular weight is 382 g/mol. The Labute approximate surface area is 161 Å². The third kappa shape index (κ3) is 3.54. The molecular weight excluding hydrogens is 360 g/mol. The number of para-hydroxylation sites is 1. The fraction of sp³-hybridized carbons (Fsp3) is 0.381. The molecule has 3 aromatic rings. The number of hydrogen-bond acceptors (Lipinski definition) is 5. The summed E-state index contributed by atoms with van der Waals surface area (Å²) < 4.78 is 5.60. The number of hydrogen-bond donors (Lipinski definition) is 1. The highest BCUT2D eigenvalue weighted by Crippen LogP contribution is 2.34. The Hall–Kier alpha value is -2.47. The SMILES string of the molecule is CC[C@@H]1CCc2sc(C(=O)O[C@H](C)c3nc4ccccc4c(=O)[nH]3)cc2C1. The number of ether oxygens (including phenoxy) is 1. The molecule has 5 nitrogen and oxygen atoms in total. The van der Waals surface area contributed by atoms with Gasteiger partial charge in [-0.05, 0) is 55.9 Å². The maximum absolute atomic E-state index is 12.6. The molecule has 0 saturated carbocycles. The summed E-state index contributed by atoms with van der Waals surface area (Å²) in [5.74, 6) is 0.715. The second kappa shape index (κ2) is 7.27. The molecule has 6 heteroatoms. The van der Waals surface area contributed by atoms with Crippen LogP contribution in [0.2, 0.25) is 0 Å². The highest BCUT2D eigenvalue weighted by atomic mass is 32.1. The molecule has 1 aromatic carbocycles. The molecule has 0 unspecified atom stereocenters. The zero-order valence-electron chi connectivity index (χ0n) is 15.5. The molecule has 1 N–H and O–H groups in total. The summed E-state index contributed by atoms with van der Waals surface area (Å²) in [7, 11) is 0. The number of aryl methyl sites for hydroxylation is 1. The van der Waals surface area contributed by atoms with Crippen LogP contribution in [0.25, 0.3) is 10.9 Å². The minimum atomic E-state index is -0.627. The van der Waals surface area contributed by atoms with E-state index < -0.39 is 6.10 Å². The molecule has 0 fully saturated rings. The van der Waals surface area contributed by atoms with E-state index in [0.717, 1.165) is 12.8 Å². The number of H-pyrrole nitrogens is 1. The number of rotatable bonds is 4. The third-order valence-corrected chi connectivity index (χ3v) is 6.48. The first-order chi connectivity index (χ1) is 13.0. The lowest BCUT2D eigenvalue weighted by Gasteiger charge is -2.19. The van der Waals surface area contributed by atoms with Crippen LogP contribution in [0.1, 0.15) is 58.7 Å². The van der Waals surface area contributed by atoms with Crippen molar-refractivity contribution in [3.05, 3.63) is 61.8 Å². The lowest BCUT2D eigenvalue weighted by Crippen LogP contribution is -2.17. The highest BCUT2D eigenvalue weighted by Gasteiger charge is 2.24. The topological polar surface area (TPSA) is 72.0 Å². The number of nitrogens with zero attached hydrogens (tertiary/aromatic N) is 1. The number of fused-ring (bicyclic) bond motifs is 2. The van der Waals surface area contributed by atoms with E-state index in [4.69, 9.17) is 4.74 Å². The predicted octanol–water partition coefficient (Wildman–Crippen LogP) is 4.42. The van der Waals surface area contributed by atoms with Gasteiger partial charge in [0.15, 0.2) is 11.9 Å². The van der Waals surface area contributed by atoms with Crippen LogP contribution in [-0.4, -0.2) is 15.9 Å². The van der Waals surface area contributed by atoms with Crippen molar-refractivity contribution in [2.24, 2.45) is 5.92 Å².